The average Bonchev–Trinajstić information content (AvgIpc) is 2.38. The summed E-state index contributed by atoms with van der Waals surface area (Å²) in [4.78, 5) is 30.0. The number of ketones is 1. The maximum Gasteiger partial charge on any atom is 0.280 e. The van der Waals surface area contributed by atoms with Gasteiger partial charge in [0.25, 0.3) is 5.69 Å². The molecule has 0 atom stereocenters. The minimum absolute atomic E-state index is 0.0579. The van der Waals surface area contributed by atoms with E-state index in [-0.39, 0.29) is 17.3 Å². The Bertz CT molecular complexity index is 668. The summed E-state index contributed by atoms with van der Waals surface area (Å²) in [7, 11) is 0. The second-order valence-electron chi connectivity index (χ2n) is 4.02. The first-order chi connectivity index (χ1) is 9.00. The Morgan fingerprint density at radius 1 is 1.32 bits per heavy atom. The van der Waals surface area contributed by atoms with Crippen molar-refractivity contribution in [1.29, 1.82) is 0 Å². The largest absolute Gasteiger partial charge is 0.294 e. The van der Waals surface area contributed by atoms with E-state index in [1.54, 1.807) is 25.1 Å². The Balaban J connectivity index is 2.57. The number of aryl methyl sites for hydroxylation is 1. The monoisotopic (exact) mass is 257 g/mol. The first-order valence-corrected chi connectivity index (χ1v) is 5.59. The Morgan fingerprint density at radius 2 is 2.00 bits per heavy atom. The molecule has 6 heteroatoms. The number of benzene rings is 1. The number of nitrogens with zero attached hydrogens (tertiary/aromatic N) is 3. The minimum Gasteiger partial charge on any atom is -0.294 e. The van der Waals surface area contributed by atoms with E-state index < -0.39 is 4.92 Å². The van der Waals surface area contributed by atoms with E-state index in [1.807, 2.05) is 0 Å². The lowest BCUT2D eigenvalue weighted by Gasteiger charge is -2.05. The first-order valence-electron chi connectivity index (χ1n) is 5.59. The number of nitro benzene ring substituents is 1. The maximum atomic E-state index is 11.3. The van der Waals surface area contributed by atoms with E-state index >= 15 is 0 Å². The molecule has 0 radical (unpaired) electrons. The lowest BCUT2D eigenvalue weighted by molar-refractivity contribution is -0.384. The Morgan fingerprint density at radius 3 is 2.58 bits per heavy atom. The van der Waals surface area contributed by atoms with Crippen molar-refractivity contribution in [3.63, 3.8) is 0 Å². The second-order valence-corrected chi connectivity index (χ2v) is 4.02. The van der Waals surface area contributed by atoms with Crippen LogP contribution in [0.25, 0.3) is 11.4 Å². The zero-order chi connectivity index (χ0) is 14.0. The Labute approximate surface area is 109 Å². The number of Topliss-reactive ketones (excluding diaryl/α,β-unsaturated/α-hetero) is 1. The third-order valence-electron chi connectivity index (χ3n) is 2.70. The van der Waals surface area contributed by atoms with E-state index in [4.69, 9.17) is 0 Å². The highest BCUT2D eigenvalue weighted by molar-refractivity contribution is 5.94. The molecule has 0 saturated carbocycles. The molecule has 0 amide bonds. The summed E-state index contributed by atoms with van der Waals surface area (Å²) in [5.41, 5.74) is 1.21. The van der Waals surface area contributed by atoms with Gasteiger partial charge in [-0.25, -0.2) is 9.97 Å². The van der Waals surface area contributed by atoms with Crippen molar-refractivity contribution in [3.8, 4) is 11.4 Å². The van der Waals surface area contributed by atoms with Gasteiger partial charge in [0.15, 0.2) is 11.6 Å². The number of carbonyl (C=O) groups is 1. The lowest BCUT2D eigenvalue weighted by atomic mass is 10.1. The fourth-order valence-electron chi connectivity index (χ4n) is 1.76. The van der Waals surface area contributed by atoms with E-state index in [2.05, 4.69) is 9.97 Å². The topological polar surface area (TPSA) is 86.0 Å². The summed E-state index contributed by atoms with van der Waals surface area (Å²) in [6.45, 7) is 3.10. The van der Waals surface area contributed by atoms with Crippen molar-refractivity contribution in [2.24, 2.45) is 0 Å². The lowest BCUT2D eigenvalue weighted by Crippen LogP contribution is -2.03. The molecule has 2 aromatic rings. The van der Waals surface area contributed by atoms with Crippen LogP contribution < -0.4 is 0 Å². The van der Waals surface area contributed by atoms with Crippen LogP contribution in [0.4, 0.5) is 5.69 Å². The van der Waals surface area contributed by atoms with E-state index in [9.17, 15) is 14.9 Å². The minimum atomic E-state index is -0.479. The molecular weight excluding hydrogens is 246 g/mol. The molecule has 2 rings (SSSR count). The van der Waals surface area contributed by atoms with Crippen molar-refractivity contribution in [2.75, 3.05) is 0 Å². The van der Waals surface area contributed by atoms with Gasteiger partial charge in [0, 0.05) is 12.3 Å². The molecule has 19 heavy (non-hydrogen) atoms. The van der Waals surface area contributed by atoms with Crippen LogP contribution in [0.1, 0.15) is 23.0 Å². The van der Waals surface area contributed by atoms with E-state index in [0.29, 0.717) is 16.8 Å². The molecule has 0 N–H and O–H groups in total. The number of rotatable bonds is 3. The van der Waals surface area contributed by atoms with E-state index in [1.165, 1.54) is 19.2 Å². The summed E-state index contributed by atoms with van der Waals surface area (Å²) in [6, 6.07) is 6.24. The van der Waals surface area contributed by atoms with Gasteiger partial charge in [-0.05, 0) is 19.9 Å². The van der Waals surface area contributed by atoms with Crippen molar-refractivity contribution in [1.82, 2.24) is 9.97 Å². The van der Waals surface area contributed by atoms with Crippen LogP contribution >= 0.6 is 0 Å². The Kier molecular flexibility index (Phi) is 3.33. The molecule has 0 aliphatic rings. The fourth-order valence-corrected chi connectivity index (χ4v) is 1.76. The first kappa shape index (κ1) is 12.8. The zero-order valence-corrected chi connectivity index (χ0v) is 10.5. The third-order valence-corrected chi connectivity index (χ3v) is 2.70. The molecule has 0 unspecified atom stereocenters. The van der Waals surface area contributed by atoms with Crippen LogP contribution in [-0.2, 0) is 0 Å². The molecule has 1 aromatic heterocycles. The molecule has 0 aliphatic heterocycles. The predicted octanol–water partition coefficient (Wildman–Crippen LogP) is 2.56. The number of aromatic nitrogens is 2. The molecule has 96 valence electrons. The quantitative estimate of drug-likeness (QED) is 0.479. The summed E-state index contributed by atoms with van der Waals surface area (Å²) >= 11 is 0. The zero-order valence-electron chi connectivity index (χ0n) is 10.5. The normalized spacial score (nSPS) is 10.2. The highest BCUT2D eigenvalue weighted by Gasteiger charge is 2.17. The molecular formula is C13H11N3O3. The van der Waals surface area contributed by atoms with Gasteiger partial charge in [0.05, 0.1) is 21.7 Å². The van der Waals surface area contributed by atoms with Gasteiger partial charge in [-0.1, -0.05) is 12.1 Å². The number of nitro groups is 1. The molecule has 0 saturated heterocycles. The Hall–Kier alpha value is -2.63. The van der Waals surface area contributed by atoms with Gasteiger partial charge in [-0.2, -0.15) is 0 Å². The summed E-state index contributed by atoms with van der Waals surface area (Å²) in [6.07, 6.45) is 1.40. The van der Waals surface area contributed by atoms with Crippen LogP contribution in [0.2, 0.25) is 0 Å². The van der Waals surface area contributed by atoms with Crippen molar-refractivity contribution in [2.45, 2.75) is 13.8 Å². The number of carbonyl (C=O) groups excluding carboxylic acids is 1. The summed E-state index contributed by atoms with van der Waals surface area (Å²) < 4.78 is 0. The molecule has 1 aromatic carbocycles. The molecule has 0 aliphatic carbocycles. The average molecular weight is 257 g/mol. The number of hydrogen-bond donors (Lipinski definition) is 0. The fraction of sp³-hybridized carbons (Fsp3) is 0.154. The van der Waals surface area contributed by atoms with Gasteiger partial charge in [0.1, 0.15) is 0 Å². The molecule has 0 bridgehead atoms. The van der Waals surface area contributed by atoms with Crippen LogP contribution in [0.15, 0.2) is 30.5 Å². The van der Waals surface area contributed by atoms with Gasteiger partial charge >= 0.3 is 0 Å². The van der Waals surface area contributed by atoms with E-state index in [0.717, 1.165) is 0 Å². The number of para-hydroxylation sites is 1. The maximum absolute atomic E-state index is 11.3. The smallest absolute Gasteiger partial charge is 0.280 e. The van der Waals surface area contributed by atoms with Gasteiger partial charge in [0.2, 0.25) is 0 Å². The molecule has 0 fully saturated rings. The number of hydrogen-bond acceptors (Lipinski definition) is 5. The summed E-state index contributed by atoms with van der Waals surface area (Å²) in [5, 5.41) is 11.0. The molecule has 1 heterocycles. The van der Waals surface area contributed by atoms with Crippen molar-refractivity contribution >= 4 is 11.5 Å². The SMILES string of the molecule is CC(=O)c1cnc(-c2ccccc2[N+](=O)[O-])nc1C. The van der Waals surface area contributed by atoms with Crippen LogP contribution in [0, 0.1) is 17.0 Å². The third kappa shape index (κ3) is 2.47. The molecule has 6 nitrogen and oxygen atoms in total. The summed E-state index contributed by atoms with van der Waals surface area (Å²) in [5.74, 6) is 0.112. The van der Waals surface area contributed by atoms with Gasteiger partial charge in [-0.15, -0.1) is 0 Å². The second kappa shape index (κ2) is 4.93. The van der Waals surface area contributed by atoms with Gasteiger partial charge in [-0.3, -0.25) is 14.9 Å². The standard InChI is InChI=1S/C13H11N3O3/c1-8-11(9(2)17)7-14-13(15-8)10-5-3-4-6-12(10)16(18)19/h3-7H,1-2H3. The molecule has 0 spiro atoms. The highest BCUT2D eigenvalue weighted by atomic mass is 16.6. The van der Waals surface area contributed by atoms with Gasteiger partial charge < -0.3 is 0 Å². The van der Waals surface area contributed by atoms with Crippen molar-refractivity contribution < 1.29 is 9.72 Å². The van der Waals surface area contributed by atoms with Crippen LogP contribution in [-0.4, -0.2) is 20.7 Å². The van der Waals surface area contributed by atoms with Crippen molar-refractivity contribution in [3.05, 3.63) is 51.8 Å². The van der Waals surface area contributed by atoms with Crippen LogP contribution in [0.3, 0.4) is 0 Å². The highest BCUT2D eigenvalue weighted by Crippen LogP contribution is 2.26. The van der Waals surface area contributed by atoms with Crippen LogP contribution in [0.5, 0.6) is 0 Å². The predicted molar refractivity (Wildman–Crippen MR) is 68.9 cm³/mol.